The molecule has 0 saturated carbocycles. The van der Waals surface area contributed by atoms with Crippen LogP contribution in [0.25, 0.3) is 11.2 Å². The van der Waals surface area contributed by atoms with E-state index >= 15 is 8.78 Å². The summed E-state index contributed by atoms with van der Waals surface area (Å²) < 4.78 is 41.3. The quantitative estimate of drug-likeness (QED) is 0.106. The maximum absolute atomic E-state index is 15.7. The molecule has 42 heavy (non-hydrogen) atoms. The molecule has 0 aliphatic heterocycles. The van der Waals surface area contributed by atoms with Crippen molar-refractivity contribution < 1.29 is 27.8 Å². The second-order valence-electron chi connectivity index (χ2n) is 9.99. The predicted molar refractivity (Wildman–Crippen MR) is 160 cm³/mol. The van der Waals surface area contributed by atoms with Crippen molar-refractivity contribution in [3.63, 3.8) is 0 Å². The van der Waals surface area contributed by atoms with Crippen LogP contribution in [0, 0.1) is 13.8 Å². The number of hydrogen-bond acceptors (Lipinski definition) is 6. The van der Waals surface area contributed by atoms with Crippen LogP contribution >= 0.6 is 15.9 Å². The molecule has 4 rings (SSSR count). The van der Waals surface area contributed by atoms with E-state index < -0.39 is 28.1 Å². The third kappa shape index (κ3) is 5.21. The number of alkyl halides is 3. The lowest BCUT2D eigenvalue weighted by molar-refractivity contribution is -0.164. The Morgan fingerprint density at radius 1 is 0.905 bits per heavy atom. The van der Waals surface area contributed by atoms with Gasteiger partial charge in [-0.1, -0.05) is 77.5 Å². The van der Waals surface area contributed by atoms with E-state index in [0.29, 0.717) is 13.0 Å². The monoisotopic (exact) mass is 641 g/mol. The van der Waals surface area contributed by atoms with Gasteiger partial charge in [0.1, 0.15) is 16.8 Å². The summed E-state index contributed by atoms with van der Waals surface area (Å²) in [5, 5.41) is 0. The van der Waals surface area contributed by atoms with Crippen LogP contribution in [0.4, 0.5) is 8.78 Å². The number of carbonyl (C=O) groups is 2. The number of carbonyl (C=O) groups excluding carboxylic acids is 2. The molecule has 1 atom stereocenters. The first kappa shape index (κ1) is 31.3. The van der Waals surface area contributed by atoms with Gasteiger partial charge < -0.3 is 14.0 Å². The molecule has 0 saturated heterocycles. The van der Waals surface area contributed by atoms with Crippen molar-refractivity contribution in [2.45, 2.75) is 63.7 Å². The Labute approximate surface area is 252 Å². The van der Waals surface area contributed by atoms with Crippen molar-refractivity contribution in [2.24, 2.45) is 0 Å². The molecular formula is C32H34BrF2N3O4. The van der Waals surface area contributed by atoms with Gasteiger partial charge >= 0.3 is 11.9 Å². The molecule has 0 radical (unpaired) electrons. The molecular weight excluding hydrogens is 608 g/mol. The highest BCUT2D eigenvalue weighted by atomic mass is 79.9. The molecule has 0 N–H and O–H groups in total. The number of imidazole rings is 1. The van der Waals surface area contributed by atoms with Crippen LogP contribution in [0.5, 0.6) is 0 Å². The fourth-order valence-corrected chi connectivity index (χ4v) is 6.33. The Kier molecular flexibility index (Phi) is 9.45. The van der Waals surface area contributed by atoms with Crippen molar-refractivity contribution >= 4 is 39.0 Å². The van der Waals surface area contributed by atoms with Gasteiger partial charge in [-0.15, -0.1) is 0 Å². The van der Waals surface area contributed by atoms with Gasteiger partial charge in [-0.05, 0) is 56.0 Å². The summed E-state index contributed by atoms with van der Waals surface area (Å²) in [6.07, 6.45) is -2.54. The summed E-state index contributed by atoms with van der Waals surface area (Å²) in [7, 11) is 0. The number of ether oxygens (including phenoxy) is 2. The molecule has 222 valence electrons. The van der Waals surface area contributed by atoms with Crippen molar-refractivity contribution in [2.75, 3.05) is 13.2 Å². The highest BCUT2D eigenvalue weighted by Crippen LogP contribution is 2.52. The Hall–Kier alpha value is -3.66. The van der Waals surface area contributed by atoms with Crippen molar-refractivity contribution in [3.8, 4) is 0 Å². The number of aromatic nitrogens is 3. The van der Waals surface area contributed by atoms with E-state index in [1.54, 1.807) is 44.2 Å². The number of halogens is 3. The molecule has 0 fully saturated rings. The van der Waals surface area contributed by atoms with Gasteiger partial charge in [-0.25, -0.2) is 28.3 Å². The molecule has 2 aromatic heterocycles. The standard InChI is InChI=1S/C32H34BrF2N3O4/c1-6-25-37-26-20(4)18-21(5)36-27(26)38(25)19-22-14-16-24(17-15-22)31(28(34)35,23-12-10-9-11-13-23)32(33,29(39)41-7-2)30(40)42-8-3/h9-18,28H,6-8,19H2,1-5H3. The number of esters is 2. The summed E-state index contributed by atoms with van der Waals surface area (Å²) in [6.45, 7) is 9.18. The van der Waals surface area contributed by atoms with Gasteiger partial charge in [-0.2, -0.15) is 0 Å². The Bertz CT molecular complexity index is 1560. The van der Waals surface area contributed by atoms with Crippen LogP contribution in [0.15, 0.2) is 60.7 Å². The third-order valence-corrected chi connectivity index (χ3v) is 8.65. The van der Waals surface area contributed by atoms with Crippen molar-refractivity contribution in [3.05, 3.63) is 94.4 Å². The second-order valence-corrected chi connectivity index (χ2v) is 11.2. The minimum Gasteiger partial charge on any atom is -0.464 e. The number of benzene rings is 2. The molecule has 0 bridgehead atoms. The van der Waals surface area contributed by atoms with Gasteiger partial charge in [0.05, 0.1) is 19.8 Å². The fourth-order valence-electron chi connectivity index (χ4n) is 5.47. The summed E-state index contributed by atoms with van der Waals surface area (Å²) in [4.78, 5) is 36.5. The first-order chi connectivity index (χ1) is 20.1. The van der Waals surface area contributed by atoms with Gasteiger partial charge in [0.15, 0.2) is 5.65 Å². The molecule has 2 aromatic carbocycles. The number of pyridine rings is 1. The van der Waals surface area contributed by atoms with Crippen molar-refractivity contribution in [1.29, 1.82) is 0 Å². The van der Waals surface area contributed by atoms with E-state index in [0.717, 1.165) is 33.8 Å². The normalized spacial score (nSPS) is 13.3. The fraction of sp³-hybridized carbons (Fsp3) is 0.375. The summed E-state index contributed by atoms with van der Waals surface area (Å²) in [5.74, 6) is -1.47. The predicted octanol–water partition coefficient (Wildman–Crippen LogP) is 6.47. The molecule has 0 spiro atoms. The number of aryl methyl sites for hydroxylation is 3. The van der Waals surface area contributed by atoms with E-state index in [2.05, 4.69) is 15.9 Å². The molecule has 0 amide bonds. The van der Waals surface area contributed by atoms with Gasteiger partial charge in [0, 0.05) is 12.1 Å². The summed E-state index contributed by atoms with van der Waals surface area (Å²) >= 11 is 3.19. The molecule has 2 heterocycles. The topological polar surface area (TPSA) is 83.3 Å². The van der Waals surface area contributed by atoms with E-state index in [1.165, 1.54) is 24.3 Å². The average molecular weight is 643 g/mol. The SMILES string of the molecule is CCOC(=O)C(Br)(C(=O)OCC)C(c1ccccc1)(c1ccc(Cn2c(CC)nc3c(C)cc(C)nc32)cc1)C(F)F. The minimum absolute atomic E-state index is 0.0430. The van der Waals surface area contributed by atoms with E-state index in [9.17, 15) is 9.59 Å². The summed E-state index contributed by atoms with van der Waals surface area (Å²) in [6, 6.07) is 16.2. The Morgan fingerprint density at radius 2 is 1.48 bits per heavy atom. The van der Waals surface area contributed by atoms with E-state index in [4.69, 9.17) is 19.4 Å². The maximum atomic E-state index is 15.7. The average Bonchev–Trinajstić information content (AvgIpc) is 3.32. The molecule has 4 aromatic rings. The second kappa shape index (κ2) is 12.7. The zero-order valence-corrected chi connectivity index (χ0v) is 25.9. The Balaban J connectivity index is 1.91. The number of hydrogen-bond donors (Lipinski definition) is 0. The smallest absolute Gasteiger partial charge is 0.336 e. The zero-order chi connectivity index (χ0) is 30.7. The van der Waals surface area contributed by atoms with Crippen LogP contribution < -0.4 is 0 Å². The van der Waals surface area contributed by atoms with E-state index in [1.807, 2.05) is 31.4 Å². The first-order valence-corrected chi connectivity index (χ1v) is 14.6. The van der Waals surface area contributed by atoms with Crippen LogP contribution in [-0.4, -0.2) is 50.4 Å². The van der Waals surface area contributed by atoms with Crippen molar-refractivity contribution in [1.82, 2.24) is 14.5 Å². The molecule has 7 nitrogen and oxygen atoms in total. The lowest BCUT2D eigenvalue weighted by Crippen LogP contribution is -2.63. The molecule has 0 aliphatic rings. The first-order valence-electron chi connectivity index (χ1n) is 13.9. The van der Waals surface area contributed by atoms with Gasteiger partial charge in [0.2, 0.25) is 4.32 Å². The maximum Gasteiger partial charge on any atom is 0.336 e. The van der Waals surface area contributed by atoms with E-state index in [-0.39, 0.29) is 24.3 Å². The van der Waals surface area contributed by atoms with Crippen LogP contribution in [0.2, 0.25) is 0 Å². The highest BCUT2D eigenvalue weighted by molar-refractivity contribution is 9.10. The lowest BCUT2D eigenvalue weighted by atomic mass is 9.65. The number of nitrogens with zero attached hydrogens (tertiary/aromatic N) is 3. The third-order valence-electron chi connectivity index (χ3n) is 7.38. The number of fused-ring (bicyclic) bond motifs is 1. The summed E-state index contributed by atoms with van der Waals surface area (Å²) in [5.41, 5.74) is 1.88. The lowest BCUT2D eigenvalue weighted by Gasteiger charge is -2.43. The van der Waals surface area contributed by atoms with Crippen LogP contribution in [0.3, 0.4) is 0 Å². The van der Waals surface area contributed by atoms with Gasteiger partial charge in [0.25, 0.3) is 6.43 Å². The van der Waals surface area contributed by atoms with Crippen LogP contribution in [-0.2, 0) is 37.4 Å². The Morgan fingerprint density at radius 3 is 2.00 bits per heavy atom. The molecule has 10 heteroatoms. The largest absolute Gasteiger partial charge is 0.464 e. The van der Waals surface area contributed by atoms with Gasteiger partial charge in [-0.3, -0.25) is 0 Å². The minimum atomic E-state index is -3.22. The van der Waals surface area contributed by atoms with Crippen LogP contribution in [0.1, 0.15) is 54.5 Å². The molecule has 1 unspecified atom stereocenters. The number of rotatable bonds is 11. The molecule has 0 aliphatic carbocycles. The highest BCUT2D eigenvalue weighted by Gasteiger charge is 2.68. The zero-order valence-electron chi connectivity index (χ0n) is 24.3.